The summed E-state index contributed by atoms with van der Waals surface area (Å²) in [4.78, 5) is 17.6. The van der Waals surface area contributed by atoms with Crippen LogP contribution < -0.4 is 10.1 Å². The summed E-state index contributed by atoms with van der Waals surface area (Å²) in [5.41, 5.74) is 3.01. The van der Waals surface area contributed by atoms with Gasteiger partial charge in [0.1, 0.15) is 16.5 Å². The summed E-state index contributed by atoms with van der Waals surface area (Å²) < 4.78 is 11.0. The maximum atomic E-state index is 13.1. The topological polar surface area (TPSA) is 64.4 Å². The Morgan fingerprint density at radius 1 is 1.04 bits per heavy atom. The number of hydrogen-bond acceptors (Lipinski definition) is 5. The lowest BCUT2D eigenvalue weighted by Gasteiger charge is -2.15. The minimum absolute atomic E-state index is 0.160. The molecule has 1 aromatic heterocycles. The average molecular weight is 390 g/mol. The molecular weight excluding hydrogens is 372 g/mol. The molecule has 1 amide bonds. The number of ether oxygens (including phenoxy) is 1. The molecule has 0 saturated heterocycles. The highest BCUT2D eigenvalue weighted by Crippen LogP contribution is 2.37. The van der Waals surface area contributed by atoms with Gasteiger partial charge in [-0.25, -0.2) is 4.98 Å². The minimum atomic E-state index is -0.513. The van der Waals surface area contributed by atoms with Crippen LogP contribution in [0, 0.1) is 0 Å². The van der Waals surface area contributed by atoms with Crippen LogP contribution in [0.5, 0.6) is 5.75 Å². The fraction of sp³-hybridized carbons (Fsp3) is 0.0909. The SMILES string of the molecule is COc1cccc(NC(=O)[C@H](Sc2nc3ccccc3o2)c2ccccc2)c1. The highest BCUT2D eigenvalue weighted by Gasteiger charge is 2.25. The molecule has 1 N–H and O–H groups in total. The van der Waals surface area contributed by atoms with Gasteiger partial charge in [-0.2, -0.15) is 0 Å². The van der Waals surface area contributed by atoms with Crippen LogP contribution in [0.15, 0.2) is 88.5 Å². The quantitative estimate of drug-likeness (QED) is 0.452. The molecule has 0 aliphatic rings. The number of aromatic nitrogens is 1. The standard InChI is InChI=1S/C22H18N2O3S/c1-26-17-11-7-10-16(14-17)23-21(25)20(15-8-3-2-4-9-15)28-22-24-18-12-5-6-13-19(18)27-22/h2-14,20H,1H3,(H,23,25)/t20-/m1/s1. The van der Waals surface area contributed by atoms with Gasteiger partial charge in [0.2, 0.25) is 5.91 Å². The van der Waals surface area contributed by atoms with Gasteiger partial charge < -0.3 is 14.5 Å². The second-order valence-corrected chi connectivity index (χ2v) is 7.13. The molecular formula is C22H18N2O3S. The number of rotatable bonds is 6. The number of nitrogens with one attached hydrogen (secondary N) is 1. The molecule has 28 heavy (non-hydrogen) atoms. The Morgan fingerprint density at radius 3 is 2.61 bits per heavy atom. The fourth-order valence-electron chi connectivity index (χ4n) is 2.81. The number of nitrogens with zero attached hydrogens (tertiary/aromatic N) is 1. The normalized spacial score (nSPS) is 11.9. The first-order valence-corrected chi connectivity index (χ1v) is 9.63. The maximum Gasteiger partial charge on any atom is 0.257 e. The van der Waals surface area contributed by atoms with Crippen molar-refractivity contribution in [2.45, 2.75) is 10.5 Å². The van der Waals surface area contributed by atoms with E-state index in [9.17, 15) is 4.79 Å². The Balaban J connectivity index is 1.62. The van der Waals surface area contributed by atoms with Crippen molar-refractivity contribution in [1.29, 1.82) is 0 Å². The second-order valence-electron chi connectivity index (χ2n) is 6.08. The molecule has 3 aromatic carbocycles. The molecule has 4 aromatic rings. The summed E-state index contributed by atoms with van der Waals surface area (Å²) >= 11 is 1.28. The number of thioether (sulfide) groups is 1. The molecule has 0 saturated carbocycles. The summed E-state index contributed by atoms with van der Waals surface area (Å²) in [5.74, 6) is 0.521. The number of hydrogen-bond donors (Lipinski definition) is 1. The van der Waals surface area contributed by atoms with E-state index in [1.807, 2.05) is 72.8 Å². The largest absolute Gasteiger partial charge is 0.497 e. The van der Waals surface area contributed by atoms with E-state index in [1.54, 1.807) is 13.2 Å². The van der Waals surface area contributed by atoms with E-state index in [2.05, 4.69) is 10.3 Å². The van der Waals surface area contributed by atoms with Crippen LogP contribution in [-0.2, 0) is 4.79 Å². The van der Waals surface area contributed by atoms with E-state index in [-0.39, 0.29) is 5.91 Å². The molecule has 0 unspecified atom stereocenters. The maximum absolute atomic E-state index is 13.1. The van der Waals surface area contributed by atoms with Gasteiger partial charge in [0.25, 0.3) is 5.22 Å². The van der Waals surface area contributed by atoms with E-state index in [0.29, 0.717) is 22.2 Å². The van der Waals surface area contributed by atoms with Crippen molar-refractivity contribution in [3.8, 4) is 5.75 Å². The number of anilines is 1. The van der Waals surface area contributed by atoms with Crippen molar-refractivity contribution in [1.82, 2.24) is 4.98 Å². The fourth-order valence-corrected chi connectivity index (χ4v) is 3.76. The lowest BCUT2D eigenvalue weighted by atomic mass is 10.1. The van der Waals surface area contributed by atoms with Gasteiger partial charge in [0, 0.05) is 11.8 Å². The number of benzene rings is 3. The van der Waals surface area contributed by atoms with Crippen molar-refractivity contribution in [2.75, 3.05) is 12.4 Å². The molecule has 6 heteroatoms. The van der Waals surface area contributed by atoms with Crippen LogP contribution in [0.3, 0.4) is 0 Å². The van der Waals surface area contributed by atoms with Gasteiger partial charge in [0.15, 0.2) is 5.58 Å². The highest BCUT2D eigenvalue weighted by molar-refractivity contribution is 8.00. The molecule has 0 aliphatic heterocycles. The number of methoxy groups -OCH3 is 1. The predicted molar refractivity (Wildman–Crippen MR) is 111 cm³/mol. The van der Waals surface area contributed by atoms with Crippen molar-refractivity contribution in [2.24, 2.45) is 0 Å². The first kappa shape index (κ1) is 18.1. The number of oxazole rings is 1. The molecule has 0 radical (unpaired) electrons. The zero-order valence-corrected chi connectivity index (χ0v) is 16.0. The first-order valence-electron chi connectivity index (χ1n) is 8.75. The van der Waals surface area contributed by atoms with E-state index >= 15 is 0 Å². The van der Waals surface area contributed by atoms with Crippen LogP contribution in [0.4, 0.5) is 5.69 Å². The summed E-state index contributed by atoms with van der Waals surface area (Å²) in [6.07, 6.45) is 0. The van der Waals surface area contributed by atoms with Crippen molar-refractivity contribution < 1.29 is 13.9 Å². The monoisotopic (exact) mass is 390 g/mol. The number of amides is 1. The number of para-hydroxylation sites is 2. The third kappa shape index (κ3) is 4.02. The Hall–Kier alpha value is -3.25. The van der Waals surface area contributed by atoms with Crippen molar-refractivity contribution in [3.63, 3.8) is 0 Å². The molecule has 4 rings (SSSR count). The molecule has 140 valence electrons. The summed E-state index contributed by atoms with van der Waals surface area (Å²) in [7, 11) is 1.59. The smallest absolute Gasteiger partial charge is 0.257 e. The van der Waals surface area contributed by atoms with Crippen LogP contribution in [0.2, 0.25) is 0 Å². The minimum Gasteiger partial charge on any atom is -0.497 e. The summed E-state index contributed by atoms with van der Waals surface area (Å²) in [6, 6.07) is 24.4. The Labute approximate surface area is 166 Å². The van der Waals surface area contributed by atoms with Crippen LogP contribution in [0.25, 0.3) is 11.1 Å². The van der Waals surface area contributed by atoms with Gasteiger partial charge in [-0.15, -0.1) is 0 Å². The molecule has 0 bridgehead atoms. The molecule has 0 spiro atoms. The third-order valence-electron chi connectivity index (χ3n) is 4.17. The molecule has 0 aliphatic carbocycles. The first-order chi connectivity index (χ1) is 13.7. The predicted octanol–water partition coefficient (Wildman–Crippen LogP) is 5.31. The van der Waals surface area contributed by atoms with E-state index in [1.165, 1.54) is 11.8 Å². The highest BCUT2D eigenvalue weighted by atomic mass is 32.2. The molecule has 1 atom stereocenters. The Morgan fingerprint density at radius 2 is 1.82 bits per heavy atom. The van der Waals surface area contributed by atoms with Crippen LogP contribution >= 0.6 is 11.8 Å². The van der Waals surface area contributed by atoms with E-state index < -0.39 is 5.25 Å². The van der Waals surface area contributed by atoms with Crippen LogP contribution in [-0.4, -0.2) is 18.0 Å². The Bertz CT molecular complexity index is 1060. The lowest BCUT2D eigenvalue weighted by molar-refractivity contribution is -0.115. The molecule has 5 nitrogen and oxygen atoms in total. The van der Waals surface area contributed by atoms with Gasteiger partial charge in [-0.05, 0) is 41.6 Å². The van der Waals surface area contributed by atoms with E-state index in [0.717, 1.165) is 11.1 Å². The van der Waals surface area contributed by atoms with E-state index in [4.69, 9.17) is 9.15 Å². The zero-order chi connectivity index (χ0) is 19.3. The summed E-state index contributed by atoms with van der Waals surface area (Å²) in [6.45, 7) is 0. The lowest BCUT2D eigenvalue weighted by Crippen LogP contribution is -2.19. The number of carbonyl (C=O) groups is 1. The number of fused-ring (bicyclic) bond motifs is 1. The van der Waals surface area contributed by atoms with Gasteiger partial charge in [-0.1, -0.05) is 48.5 Å². The molecule has 0 fully saturated rings. The Kier molecular flexibility index (Phi) is 5.30. The molecule has 1 heterocycles. The number of carbonyl (C=O) groups excluding carboxylic acids is 1. The van der Waals surface area contributed by atoms with Gasteiger partial charge in [-0.3, -0.25) is 4.79 Å². The van der Waals surface area contributed by atoms with Gasteiger partial charge >= 0.3 is 0 Å². The van der Waals surface area contributed by atoms with Crippen molar-refractivity contribution in [3.05, 3.63) is 84.4 Å². The van der Waals surface area contributed by atoms with Crippen molar-refractivity contribution >= 4 is 34.5 Å². The average Bonchev–Trinajstić information content (AvgIpc) is 3.15. The third-order valence-corrected chi connectivity index (χ3v) is 5.27. The van der Waals surface area contributed by atoms with Crippen LogP contribution in [0.1, 0.15) is 10.8 Å². The van der Waals surface area contributed by atoms with Gasteiger partial charge in [0.05, 0.1) is 7.11 Å². The second kappa shape index (κ2) is 8.19. The summed E-state index contributed by atoms with van der Waals surface area (Å²) in [5, 5.41) is 2.90. The zero-order valence-electron chi connectivity index (χ0n) is 15.2.